The van der Waals surface area contributed by atoms with E-state index >= 15 is 0 Å². The maximum atomic E-state index is 12.5. The normalized spacial score (nSPS) is 17.7. The number of nitrogens with one attached hydrogen (secondary N) is 1. The summed E-state index contributed by atoms with van der Waals surface area (Å²) in [6.45, 7) is 4.27. The van der Waals surface area contributed by atoms with Crippen LogP contribution in [-0.2, 0) is 11.4 Å². The second-order valence-corrected chi connectivity index (χ2v) is 6.74. The second kappa shape index (κ2) is 5.87. The molecule has 0 rings (SSSR count). The number of halogens is 6. The van der Waals surface area contributed by atoms with Gasteiger partial charge in [-0.15, -0.1) is 4.72 Å². The number of rotatable bonds is 4. The Morgan fingerprint density at radius 2 is 1.50 bits per heavy atom. The maximum Gasteiger partial charge on any atom is 0.408 e. The molecule has 0 aliphatic carbocycles. The van der Waals surface area contributed by atoms with Crippen LogP contribution in [0.4, 0.5) is 26.3 Å². The van der Waals surface area contributed by atoms with Gasteiger partial charge >= 0.3 is 12.4 Å². The van der Waals surface area contributed by atoms with Crippen molar-refractivity contribution >= 4 is 11.4 Å². The molecule has 9 heteroatoms. The fraction of sp³-hybridized carbons (Fsp3) is 1.00. The Hall–Kier alpha value is -0.150. The summed E-state index contributed by atoms with van der Waals surface area (Å²) in [4.78, 5) is 0. The van der Waals surface area contributed by atoms with Crippen LogP contribution in [-0.4, -0.2) is 27.7 Å². The van der Waals surface area contributed by atoms with Gasteiger partial charge in [0.15, 0.2) is 0 Å². The Morgan fingerprint density at radius 1 is 1.06 bits per heavy atom. The molecule has 0 saturated heterocycles. The van der Waals surface area contributed by atoms with Crippen LogP contribution in [0.25, 0.3) is 0 Å². The van der Waals surface area contributed by atoms with Crippen LogP contribution in [0.2, 0.25) is 0 Å². The van der Waals surface area contributed by atoms with Crippen LogP contribution in [0.1, 0.15) is 33.6 Å². The molecule has 0 aromatic carbocycles. The fourth-order valence-electron chi connectivity index (χ4n) is 0.903. The first-order valence-electron chi connectivity index (χ1n) is 5.05. The Bertz CT molecular complexity index is 259. The third-order valence-electron chi connectivity index (χ3n) is 1.92. The van der Waals surface area contributed by atoms with E-state index in [4.69, 9.17) is 0 Å². The van der Waals surface area contributed by atoms with Crippen molar-refractivity contribution in [2.75, 3.05) is 0 Å². The van der Waals surface area contributed by atoms with E-state index in [2.05, 4.69) is 0 Å². The third kappa shape index (κ3) is 7.32. The van der Waals surface area contributed by atoms with E-state index in [1.807, 2.05) is 0 Å². The van der Waals surface area contributed by atoms with Crippen LogP contribution in [0.5, 0.6) is 0 Å². The topological polar surface area (TPSA) is 35.1 Å². The van der Waals surface area contributed by atoms with Gasteiger partial charge in [-0.25, -0.2) is 0 Å². The molecular weight excluding hydrogens is 284 g/mol. The predicted molar refractivity (Wildman–Crippen MR) is 56.2 cm³/mol. The monoisotopic (exact) mass is 299 g/mol. The van der Waals surface area contributed by atoms with Gasteiger partial charge in [0.25, 0.3) is 0 Å². The maximum absolute atomic E-state index is 12.5. The number of alkyl halides is 6. The van der Waals surface area contributed by atoms with Gasteiger partial charge in [0.05, 0.1) is 0 Å². The van der Waals surface area contributed by atoms with Gasteiger partial charge in [-0.1, -0.05) is 0 Å². The van der Waals surface area contributed by atoms with E-state index in [0.717, 1.165) is 0 Å². The summed E-state index contributed by atoms with van der Waals surface area (Å²) in [5.74, 6) is 0. The lowest BCUT2D eigenvalue weighted by Gasteiger charge is -2.29. The van der Waals surface area contributed by atoms with Crippen LogP contribution in [0.3, 0.4) is 0 Å². The summed E-state index contributed by atoms with van der Waals surface area (Å²) in [5.41, 5.74) is 0. The minimum absolute atomic E-state index is 0.984. The van der Waals surface area contributed by atoms with E-state index in [9.17, 15) is 30.9 Å². The van der Waals surface area contributed by atoms with Gasteiger partial charge in [-0.05, 0) is 27.2 Å². The van der Waals surface area contributed by atoms with E-state index in [1.54, 1.807) is 4.72 Å². The van der Waals surface area contributed by atoms with Crippen LogP contribution in [0, 0.1) is 0 Å². The van der Waals surface area contributed by atoms with E-state index < -0.39 is 47.3 Å². The van der Waals surface area contributed by atoms with Crippen molar-refractivity contribution in [3.8, 4) is 0 Å². The summed E-state index contributed by atoms with van der Waals surface area (Å²) in [6, 6.07) is -2.43. The molecule has 0 bridgehead atoms. The molecular formula is C9H15F6NOS. The molecule has 0 saturated carbocycles. The highest BCUT2D eigenvalue weighted by Gasteiger charge is 2.46. The van der Waals surface area contributed by atoms with Crippen molar-refractivity contribution in [2.45, 2.75) is 56.8 Å². The molecule has 0 amide bonds. The first kappa shape index (κ1) is 17.8. The Balaban J connectivity index is 4.63. The third-order valence-corrected chi connectivity index (χ3v) is 3.53. The molecule has 110 valence electrons. The van der Waals surface area contributed by atoms with Crippen LogP contribution >= 0.6 is 0 Å². The number of hydrogen-bond acceptors (Lipinski definition) is 2. The molecule has 0 fully saturated rings. The molecule has 2 nitrogen and oxygen atoms in total. The molecule has 0 spiro atoms. The Labute approximate surface area is 104 Å². The van der Waals surface area contributed by atoms with Crippen LogP contribution in [0.15, 0.2) is 0 Å². The summed E-state index contributed by atoms with van der Waals surface area (Å²) in [5, 5.41) is 0. The van der Waals surface area contributed by atoms with E-state index in [1.165, 1.54) is 20.8 Å². The van der Waals surface area contributed by atoms with Crippen molar-refractivity contribution in [3.63, 3.8) is 0 Å². The van der Waals surface area contributed by atoms with Gasteiger partial charge in [0.2, 0.25) is 0 Å². The minimum atomic E-state index is -4.87. The van der Waals surface area contributed by atoms with Crippen molar-refractivity contribution in [3.05, 3.63) is 0 Å². The average Bonchev–Trinajstić information content (AvgIpc) is 2.06. The Kier molecular flexibility index (Phi) is 5.82. The molecule has 0 radical (unpaired) electrons. The fourth-order valence-corrected chi connectivity index (χ4v) is 1.77. The molecule has 0 aromatic heterocycles. The van der Waals surface area contributed by atoms with E-state index in [-0.39, 0.29) is 0 Å². The minimum Gasteiger partial charge on any atom is -0.598 e. The molecule has 0 aliphatic heterocycles. The summed E-state index contributed by atoms with van der Waals surface area (Å²) >= 11 is -2.08. The predicted octanol–water partition coefficient (Wildman–Crippen LogP) is 3.31. The lowest BCUT2D eigenvalue weighted by atomic mass is 10.1. The quantitative estimate of drug-likeness (QED) is 0.638. The first-order valence-corrected chi connectivity index (χ1v) is 6.20. The SMILES string of the molecule is CC(C)(C)[S+]([O-])NC(CCC(F)(F)F)C(F)(F)F. The van der Waals surface area contributed by atoms with Gasteiger partial charge in [-0.2, -0.15) is 26.3 Å². The van der Waals surface area contributed by atoms with Crippen molar-refractivity contribution in [1.29, 1.82) is 0 Å². The summed E-state index contributed by atoms with van der Waals surface area (Å²) < 4.78 is 85.3. The van der Waals surface area contributed by atoms with Gasteiger partial charge in [-0.3, -0.25) is 0 Å². The van der Waals surface area contributed by atoms with Crippen molar-refractivity contribution < 1.29 is 30.9 Å². The second-order valence-electron chi connectivity index (χ2n) is 4.75. The summed E-state index contributed by atoms with van der Waals surface area (Å²) in [7, 11) is 0. The highest BCUT2D eigenvalue weighted by molar-refractivity contribution is 7.90. The molecule has 2 unspecified atom stereocenters. The van der Waals surface area contributed by atoms with Gasteiger partial charge in [0.1, 0.15) is 10.8 Å². The zero-order chi connectivity index (χ0) is 14.8. The lowest BCUT2D eigenvalue weighted by Crippen LogP contribution is -2.51. The highest BCUT2D eigenvalue weighted by Crippen LogP contribution is 2.30. The van der Waals surface area contributed by atoms with Crippen molar-refractivity contribution in [1.82, 2.24) is 4.72 Å². The van der Waals surface area contributed by atoms with Crippen molar-refractivity contribution in [2.24, 2.45) is 0 Å². The first-order chi connectivity index (χ1) is 7.73. The molecule has 1 N–H and O–H groups in total. The zero-order valence-electron chi connectivity index (χ0n) is 10.1. The highest BCUT2D eigenvalue weighted by atomic mass is 32.2. The smallest absolute Gasteiger partial charge is 0.408 e. The van der Waals surface area contributed by atoms with E-state index in [0.29, 0.717) is 0 Å². The Morgan fingerprint density at radius 3 is 1.78 bits per heavy atom. The van der Waals surface area contributed by atoms with Gasteiger partial charge < -0.3 is 4.55 Å². The average molecular weight is 299 g/mol. The molecule has 18 heavy (non-hydrogen) atoms. The van der Waals surface area contributed by atoms with Crippen LogP contribution < -0.4 is 4.72 Å². The zero-order valence-corrected chi connectivity index (χ0v) is 10.9. The van der Waals surface area contributed by atoms with Gasteiger partial charge in [0, 0.05) is 17.8 Å². The molecule has 0 heterocycles. The molecule has 0 aromatic rings. The largest absolute Gasteiger partial charge is 0.598 e. The number of hydrogen-bond donors (Lipinski definition) is 1. The molecule has 2 atom stereocenters. The molecule has 0 aliphatic rings. The summed E-state index contributed by atoms with van der Waals surface area (Å²) in [6.07, 6.45) is -12.3. The standard InChI is InChI=1S/C9H15F6NOS/c1-7(2,3)18(17)16-6(9(13,14)15)4-5-8(10,11)12/h6,16H,4-5H2,1-3H3. The lowest BCUT2D eigenvalue weighted by molar-refractivity contribution is -0.169.